The van der Waals surface area contributed by atoms with Gasteiger partial charge in [0.25, 0.3) is 10.0 Å². The Bertz CT molecular complexity index is 624. The van der Waals surface area contributed by atoms with Crippen molar-refractivity contribution in [2.75, 3.05) is 13.1 Å². The van der Waals surface area contributed by atoms with Gasteiger partial charge in [-0.2, -0.15) is 4.31 Å². The zero-order chi connectivity index (χ0) is 15.7. The van der Waals surface area contributed by atoms with Gasteiger partial charge < -0.3 is 5.11 Å². The fraction of sp³-hybridized carbons (Fsp3) is 0.615. The van der Waals surface area contributed by atoms with Gasteiger partial charge in [-0.05, 0) is 31.4 Å². The Morgan fingerprint density at radius 1 is 1.52 bits per heavy atom. The van der Waals surface area contributed by atoms with Crippen LogP contribution in [0.25, 0.3) is 0 Å². The second-order valence-corrected chi connectivity index (χ2v) is 9.22. The van der Waals surface area contributed by atoms with E-state index in [2.05, 4.69) is 0 Å². The monoisotopic (exact) mass is 351 g/mol. The molecule has 1 aromatic heterocycles. The van der Waals surface area contributed by atoms with Crippen LogP contribution in [0.2, 0.25) is 4.34 Å². The van der Waals surface area contributed by atoms with E-state index in [1.165, 1.54) is 10.4 Å². The van der Waals surface area contributed by atoms with E-state index < -0.39 is 21.4 Å². The van der Waals surface area contributed by atoms with Crippen molar-refractivity contribution in [1.29, 1.82) is 0 Å². The van der Waals surface area contributed by atoms with Crippen molar-refractivity contribution in [3.63, 3.8) is 0 Å². The number of carboxylic acid groups (broad SMARTS) is 1. The van der Waals surface area contributed by atoms with Crippen LogP contribution in [0.15, 0.2) is 16.3 Å². The highest BCUT2D eigenvalue weighted by Gasteiger charge is 2.45. The molecule has 8 heteroatoms. The average Bonchev–Trinajstić information content (AvgIpc) is 2.86. The van der Waals surface area contributed by atoms with Gasteiger partial charge in [-0.1, -0.05) is 24.9 Å². The lowest BCUT2D eigenvalue weighted by Crippen LogP contribution is -2.49. The number of carboxylic acids is 1. The number of hydrogen-bond acceptors (Lipinski definition) is 4. The summed E-state index contributed by atoms with van der Waals surface area (Å²) in [7, 11) is -3.66. The topological polar surface area (TPSA) is 74.7 Å². The summed E-state index contributed by atoms with van der Waals surface area (Å²) in [4.78, 5) is 11.6. The summed E-state index contributed by atoms with van der Waals surface area (Å²) in [6, 6.07) is 3.01. The predicted octanol–water partition coefficient (Wildman–Crippen LogP) is 3.06. The molecule has 0 aromatic carbocycles. The number of nitrogens with zero attached hydrogens (tertiary/aromatic N) is 1. The molecule has 1 unspecified atom stereocenters. The zero-order valence-corrected chi connectivity index (χ0v) is 14.1. The van der Waals surface area contributed by atoms with Crippen molar-refractivity contribution in [1.82, 2.24) is 4.31 Å². The van der Waals surface area contributed by atoms with Crippen LogP contribution < -0.4 is 0 Å². The Kier molecular flexibility index (Phi) is 4.97. The standard InChI is InChI=1S/C13H18ClNO4S2/c1-2-6-13(12(16)17)7-3-8-15(9-13)21(18,19)11-5-4-10(14)20-11/h4-5H,2-3,6-9H2,1H3,(H,16,17). The molecule has 1 N–H and O–H groups in total. The molecular formula is C13H18ClNO4S2. The predicted molar refractivity (Wildman–Crippen MR) is 82.3 cm³/mol. The molecule has 118 valence electrons. The Hall–Kier alpha value is -0.630. The van der Waals surface area contributed by atoms with Gasteiger partial charge in [0.2, 0.25) is 0 Å². The molecule has 0 spiro atoms. The van der Waals surface area contributed by atoms with E-state index in [0.29, 0.717) is 36.6 Å². The largest absolute Gasteiger partial charge is 0.481 e. The molecule has 1 aliphatic heterocycles. The van der Waals surface area contributed by atoms with Crippen molar-refractivity contribution in [3.8, 4) is 0 Å². The highest BCUT2D eigenvalue weighted by molar-refractivity contribution is 7.91. The summed E-state index contributed by atoms with van der Waals surface area (Å²) in [5.41, 5.74) is -0.971. The van der Waals surface area contributed by atoms with E-state index in [-0.39, 0.29) is 10.8 Å². The maximum atomic E-state index is 12.6. The molecule has 0 amide bonds. The lowest BCUT2D eigenvalue weighted by Gasteiger charge is -2.38. The molecule has 1 fully saturated rings. The second-order valence-electron chi connectivity index (χ2n) is 5.34. The molecule has 0 aliphatic carbocycles. The lowest BCUT2D eigenvalue weighted by atomic mass is 9.77. The maximum Gasteiger partial charge on any atom is 0.310 e. The smallest absolute Gasteiger partial charge is 0.310 e. The Labute approximate surface area is 133 Å². The molecule has 0 saturated carbocycles. The van der Waals surface area contributed by atoms with Gasteiger partial charge in [0.05, 0.1) is 9.75 Å². The number of rotatable bonds is 5. The van der Waals surface area contributed by atoms with Crippen molar-refractivity contribution < 1.29 is 18.3 Å². The first-order chi connectivity index (χ1) is 9.82. The molecular weight excluding hydrogens is 334 g/mol. The fourth-order valence-electron chi connectivity index (χ4n) is 2.82. The molecule has 2 rings (SSSR count). The average molecular weight is 352 g/mol. The van der Waals surface area contributed by atoms with Crippen molar-refractivity contribution in [3.05, 3.63) is 16.5 Å². The fourth-order valence-corrected chi connectivity index (χ4v) is 6.02. The van der Waals surface area contributed by atoms with Crippen LogP contribution in [-0.4, -0.2) is 36.9 Å². The number of sulfonamides is 1. The zero-order valence-electron chi connectivity index (χ0n) is 11.7. The molecule has 2 heterocycles. The van der Waals surface area contributed by atoms with Crippen LogP contribution in [-0.2, 0) is 14.8 Å². The summed E-state index contributed by atoms with van der Waals surface area (Å²) in [6.45, 7) is 2.31. The Balaban J connectivity index is 2.30. The summed E-state index contributed by atoms with van der Waals surface area (Å²) in [5, 5.41) is 9.54. The van der Waals surface area contributed by atoms with Crippen LogP contribution in [0.3, 0.4) is 0 Å². The van der Waals surface area contributed by atoms with Crippen LogP contribution in [0, 0.1) is 5.41 Å². The first-order valence-electron chi connectivity index (χ1n) is 6.81. The van der Waals surface area contributed by atoms with Crippen molar-refractivity contribution >= 4 is 38.9 Å². The quantitative estimate of drug-likeness (QED) is 0.884. The van der Waals surface area contributed by atoms with Gasteiger partial charge in [-0.15, -0.1) is 11.3 Å². The van der Waals surface area contributed by atoms with Gasteiger partial charge in [-0.3, -0.25) is 4.79 Å². The lowest BCUT2D eigenvalue weighted by molar-refractivity contribution is -0.151. The third-order valence-corrected chi connectivity index (χ3v) is 7.41. The molecule has 0 bridgehead atoms. The first kappa shape index (κ1) is 16.7. The third kappa shape index (κ3) is 3.26. The normalized spacial score (nSPS) is 24.1. The number of thiophene rings is 1. The minimum Gasteiger partial charge on any atom is -0.481 e. The van der Waals surface area contributed by atoms with Crippen LogP contribution in [0.5, 0.6) is 0 Å². The van der Waals surface area contributed by atoms with E-state index in [1.54, 1.807) is 6.07 Å². The molecule has 5 nitrogen and oxygen atoms in total. The van der Waals surface area contributed by atoms with Crippen molar-refractivity contribution in [2.45, 2.75) is 36.8 Å². The Morgan fingerprint density at radius 2 is 2.24 bits per heavy atom. The maximum absolute atomic E-state index is 12.6. The number of hydrogen-bond donors (Lipinski definition) is 1. The molecule has 1 aromatic rings. The van der Waals surface area contributed by atoms with Gasteiger partial charge in [-0.25, -0.2) is 8.42 Å². The second kappa shape index (κ2) is 6.24. The van der Waals surface area contributed by atoms with E-state index in [0.717, 1.165) is 11.3 Å². The number of aliphatic carboxylic acids is 1. The molecule has 1 aliphatic rings. The minimum absolute atomic E-state index is 0.0357. The number of halogens is 1. The Morgan fingerprint density at radius 3 is 2.76 bits per heavy atom. The first-order valence-corrected chi connectivity index (χ1v) is 9.44. The van der Waals surface area contributed by atoms with E-state index in [4.69, 9.17) is 11.6 Å². The SMILES string of the molecule is CCCC1(C(=O)O)CCCN(S(=O)(=O)c2ccc(Cl)s2)C1. The van der Waals surface area contributed by atoms with E-state index in [1.807, 2.05) is 6.92 Å². The molecule has 1 saturated heterocycles. The van der Waals surface area contributed by atoms with Gasteiger partial charge >= 0.3 is 5.97 Å². The van der Waals surface area contributed by atoms with Crippen LogP contribution in [0.1, 0.15) is 32.6 Å². The van der Waals surface area contributed by atoms with E-state index >= 15 is 0 Å². The molecule has 0 radical (unpaired) electrons. The third-order valence-electron chi connectivity index (χ3n) is 3.87. The van der Waals surface area contributed by atoms with Gasteiger partial charge in [0, 0.05) is 13.1 Å². The van der Waals surface area contributed by atoms with Gasteiger partial charge in [0.1, 0.15) is 4.21 Å². The van der Waals surface area contributed by atoms with E-state index in [9.17, 15) is 18.3 Å². The molecule has 1 atom stereocenters. The minimum atomic E-state index is -3.66. The summed E-state index contributed by atoms with van der Waals surface area (Å²) in [5.74, 6) is -0.909. The summed E-state index contributed by atoms with van der Waals surface area (Å²) in [6.07, 6.45) is 2.28. The number of piperidine rings is 1. The number of carbonyl (C=O) groups is 1. The summed E-state index contributed by atoms with van der Waals surface area (Å²) >= 11 is 6.80. The highest BCUT2D eigenvalue weighted by Crippen LogP contribution is 2.38. The summed E-state index contributed by atoms with van der Waals surface area (Å²) < 4.78 is 27.1. The van der Waals surface area contributed by atoms with Gasteiger partial charge in [0.15, 0.2) is 0 Å². The van der Waals surface area contributed by atoms with Crippen LogP contribution >= 0.6 is 22.9 Å². The highest BCUT2D eigenvalue weighted by atomic mass is 35.5. The molecule has 21 heavy (non-hydrogen) atoms. The van der Waals surface area contributed by atoms with Crippen LogP contribution in [0.4, 0.5) is 0 Å². The van der Waals surface area contributed by atoms with Crippen molar-refractivity contribution in [2.24, 2.45) is 5.41 Å².